The molecule has 1 saturated carbocycles. The van der Waals surface area contributed by atoms with E-state index in [-0.39, 0.29) is 11.8 Å². The number of piperazine rings is 1. The molecule has 0 atom stereocenters. The van der Waals surface area contributed by atoms with Gasteiger partial charge in [0.2, 0.25) is 5.91 Å². The van der Waals surface area contributed by atoms with Gasteiger partial charge in [-0.05, 0) is 35.6 Å². The van der Waals surface area contributed by atoms with Crippen molar-refractivity contribution in [2.45, 2.75) is 37.8 Å². The van der Waals surface area contributed by atoms with E-state index in [1.165, 1.54) is 5.56 Å². The van der Waals surface area contributed by atoms with Gasteiger partial charge in [-0.1, -0.05) is 30.3 Å². The number of rotatable bonds is 4. The number of nitrogens with one attached hydrogen (secondary N) is 1. The molecular weight excluding hydrogens is 430 g/mol. The van der Waals surface area contributed by atoms with E-state index in [1.54, 1.807) is 4.90 Å². The first kappa shape index (κ1) is 21.2. The van der Waals surface area contributed by atoms with Crippen LogP contribution < -0.4 is 15.9 Å². The molecule has 34 heavy (non-hydrogen) atoms. The maximum absolute atomic E-state index is 13.6. The first-order chi connectivity index (χ1) is 16.5. The minimum atomic E-state index is -0.662. The number of hydrogen-bond donors (Lipinski definition) is 2. The standard InChI is InChI=1S/C26H29N5O3/c27-26(6-7-26)25(33)31-10-8-30(9-11-31)24(32)21-14-17(13-18-5-12-34-23(18)21)15-22-20-4-2-1-3-19(20)16-28-29-22/h1-4,13-14,28H,5-12,15-16,27H2. The molecule has 0 spiro atoms. The highest BCUT2D eigenvalue weighted by Crippen LogP contribution is 2.35. The Morgan fingerprint density at radius 3 is 2.62 bits per heavy atom. The van der Waals surface area contributed by atoms with Gasteiger partial charge in [0.05, 0.1) is 30.0 Å². The minimum Gasteiger partial charge on any atom is -0.492 e. The van der Waals surface area contributed by atoms with Crippen LogP contribution in [-0.4, -0.2) is 65.7 Å². The monoisotopic (exact) mass is 459 g/mol. The van der Waals surface area contributed by atoms with Crippen molar-refractivity contribution >= 4 is 17.5 Å². The molecule has 1 saturated heterocycles. The summed E-state index contributed by atoms with van der Waals surface area (Å²) in [4.78, 5) is 29.8. The number of nitrogens with zero attached hydrogens (tertiary/aromatic N) is 3. The fourth-order valence-corrected chi connectivity index (χ4v) is 5.15. The van der Waals surface area contributed by atoms with Crippen LogP contribution in [0.5, 0.6) is 5.75 Å². The summed E-state index contributed by atoms with van der Waals surface area (Å²) in [5.41, 5.74) is 14.6. The van der Waals surface area contributed by atoms with Gasteiger partial charge in [-0.3, -0.25) is 9.59 Å². The highest BCUT2D eigenvalue weighted by atomic mass is 16.5. The van der Waals surface area contributed by atoms with E-state index in [4.69, 9.17) is 10.5 Å². The molecule has 3 N–H and O–H groups in total. The summed E-state index contributed by atoms with van der Waals surface area (Å²) >= 11 is 0. The largest absolute Gasteiger partial charge is 0.492 e. The molecule has 0 unspecified atom stereocenters. The molecule has 0 radical (unpaired) electrons. The normalized spacial score (nSPS) is 20.0. The lowest BCUT2D eigenvalue weighted by atomic mass is 9.94. The van der Waals surface area contributed by atoms with Gasteiger partial charge in [-0.25, -0.2) is 0 Å². The van der Waals surface area contributed by atoms with Crippen LogP contribution in [0.1, 0.15) is 45.5 Å². The SMILES string of the molecule is NC1(C(=O)N2CCN(C(=O)c3cc(CC4=NNCc5ccccc54)cc4c3OCC4)CC2)CC1. The van der Waals surface area contributed by atoms with E-state index >= 15 is 0 Å². The lowest BCUT2D eigenvalue weighted by Gasteiger charge is -2.36. The van der Waals surface area contributed by atoms with Crippen LogP contribution in [0.25, 0.3) is 0 Å². The average Bonchev–Trinajstić information content (AvgIpc) is 3.44. The number of fused-ring (bicyclic) bond motifs is 2. The molecule has 3 heterocycles. The number of benzene rings is 2. The van der Waals surface area contributed by atoms with E-state index in [2.05, 4.69) is 28.7 Å². The molecule has 2 fully saturated rings. The van der Waals surface area contributed by atoms with Crippen LogP contribution in [0.2, 0.25) is 0 Å². The lowest BCUT2D eigenvalue weighted by molar-refractivity contribution is -0.135. The third-order valence-electron chi connectivity index (χ3n) is 7.33. The summed E-state index contributed by atoms with van der Waals surface area (Å²) in [6.07, 6.45) is 2.95. The Balaban J connectivity index is 1.22. The molecule has 2 aromatic rings. The van der Waals surface area contributed by atoms with Gasteiger partial charge in [0.1, 0.15) is 5.75 Å². The van der Waals surface area contributed by atoms with E-state index in [9.17, 15) is 9.59 Å². The summed E-state index contributed by atoms with van der Waals surface area (Å²) in [7, 11) is 0. The Kier molecular flexibility index (Phi) is 5.06. The van der Waals surface area contributed by atoms with Gasteiger partial charge < -0.3 is 25.7 Å². The van der Waals surface area contributed by atoms with Gasteiger partial charge in [-0.2, -0.15) is 5.10 Å². The quantitative estimate of drug-likeness (QED) is 0.721. The number of amides is 2. The van der Waals surface area contributed by atoms with Crippen molar-refractivity contribution in [3.8, 4) is 5.75 Å². The first-order valence-corrected chi connectivity index (χ1v) is 12.1. The summed E-state index contributed by atoms with van der Waals surface area (Å²) in [6.45, 7) is 3.36. The van der Waals surface area contributed by atoms with Gasteiger partial charge >= 0.3 is 0 Å². The van der Waals surface area contributed by atoms with E-state index in [0.717, 1.165) is 48.2 Å². The highest BCUT2D eigenvalue weighted by Gasteiger charge is 2.48. The Labute approximate surface area is 198 Å². The second kappa shape index (κ2) is 8.13. The molecule has 2 amide bonds. The molecule has 4 aliphatic rings. The third kappa shape index (κ3) is 3.72. The summed E-state index contributed by atoms with van der Waals surface area (Å²) in [5.74, 6) is 0.688. The molecule has 6 rings (SSSR count). The first-order valence-electron chi connectivity index (χ1n) is 12.1. The number of carbonyl (C=O) groups is 2. The molecule has 0 bridgehead atoms. The van der Waals surface area contributed by atoms with Crippen molar-refractivity contribution in [3.63, 3.8) is 0 Å². The third-order valence-corrected chi connectivity index (χ3v) is 7.33. The smallest absolute Gasteiger partial charge is 0.257 e. The summed E-state index contributed by atoms with van der Waals surface area (Å²) in [6, 6.07) is 12.4. The van der Waals surface area contributed by atoms with Crippen LogP contribution in [0, 0.1) is 0 Å². The van der Waals surface area contributed by atoms with Gasteiger partial charge in [0.15, 0.2) is 0 Å². The fourth-order valence-electron chi connectivity index (χ4n) is 5.15. The minimum absolute atomic E-state index is 0.0213. The van der Waals surface area contributed by atoms with Gasteiger partial charge in [0.25, 0.3) is 5.91 Å². The maximum Gasteiger partial charge on any atom is 0.257 e. The summed E-state index contributed by atoms with van der Waals surface area (Å²) < 4.78 is 5.88. The van der Waals surface area contributed by atoms with Crippen LogP contribution in [0.4, 0.5) is 0 Å². The predicted octanol–water partition coefficient (Wildman–Crippen LogP) is 1.45. The predicted molar refractivity (Wildman–Crippen MR) is 128 cm³/mol. The zero-order valence-electron chi connectivity index (χ0n) is 19.2. The van der Waals surface area contributed by atoms with Crippen LogP contribution >= 0.6 is 0 Å². The molecule has 8 nitrogen and oxygen atoms in total. The highest BCUT2D eigenvalue weighted by molar-refractivity contribution is 6.04. The van der Waals surface area contributed by atoms with Crippen molar-refractivity contribution in [2.75, 3.05) is 32.8 Å². The zero-order valence-corrected chi connectivity index (χ0v) is 19.2. The fraction of sp³-hybridized carbons (Fsp3) is 0.423. The number of carbonyl (C=O) groups excluding carboxylic acids is 2. The molecule has 1 aliphatic carbocycles. The lowest BCUT2D eigenvalue weighted by Crippen LogP contribution is -2.55. The molecule has 8 heteroatoms. The van der Waals surface area contributed by atoms with Crippen LogP contribution in [0.15, 0.2) is 41.5 Å². The molecule has 0 aromatic heterocycles. The van der Waals surface area contributed by atoms with Crippen LogP contribution in [0.3, 0.4) is 0 Å². The molecule has 3 aliphatic heterocycles. The number of nitrogens with two attached hydrogens (primary N) is 1. The van der Waals surface area contributed by atoms with E-state index in [0.29, 0.717) is 50.5 Å². The Morgan fingerprint density at radius 2 is 1.82 bits per heavy atom. The zero-order chi connectivity index (χ0) is 23.3. The maximum atomic E-state index is 13.6. The van der Waals surface area contributed by atoms with Crippen molar-refractivity contribution < 1.29 is 14.3 Å². The number of hydrogen-bond acceptors (Lipinski definition) is 6. The second-order valence-corrected chi connectivity index (χ2v) is 9.70. The Morgan fingerprint density at radius 1 is 1.06 bits per heavy atom. The van der Waals surface area contributed by atoms with Crippen molar-refractivity contribution in [2.24, 2.45) is 10.8 Å². The van der Waals surface area contributed by atoms with Crippen molar-refractivity contribution in [1.82, 2.24) is 15.2 Å². The van der Waals surface area contributed by atoms with Gasteiger partial charge in [-0.15, -0.1) is 0 Å². The van der Waals surface area contributed by atoms with Gasteiger partial charge in [0, 0.05) is 44.6 Å². The average molecular weight is 460 g/mol. The Bertz CT molecular complexity index is 1190. The van der Waals surface area contributed by atoms with E-state index < -0.39 is 5.54 Å². The number of ether oxygens (including phenoxy) is 1. The second-order valence-electron chi connectivity index (χ2n) is 9.70. The Hall–Kier alpha value is -3.39. The van der Waals surface area contributed by atoms with E-state index in [1.807, 2.05) is 23.1 Å². The van der Waals surface area contributed by atoms with Crippen LogP contribution in [-0.2, 0) is 24.2 Å². The molecule has 2 aromatic carbocycles. The number of hydrazone groups is 1. The molecular formula is C26H29N5O3. The van der Waals surface area contributed by atoms with Crippen molar-refractivity contribution in [3.05, 3.63) is 64.2 Å². The van der Waals surface area contributed by atoms with Crippen molar-refractivity contribution in [1.29, 1.82) is 0 Å². The summed E-state index contributed by atoms with van der Waals surface area (Å²) in [5, 5.41) is 4.57. The molecule has 176 valence electrons. The topological polar surface area (TPSA) is 100 Å².